The van der Waals surface area contributed by atoms with Crippen molar-refractivity contribution in [2.45, 2.75) is 26.8 Å². The van der Waals surface area contributed by atoms with E-state index in [4.69, 9.17) is 4.74 Å². The Morgan fingerprint density at radius 2 is 1.93 bits per heavy atom. The average Bonchev–Trinajstić information content (AvgIpc) is 2.20. The van der Waals surface area contributed by atoms with E-state index in [1.165, 1.54) is 0 Å². The van der Waals surface area contributed by atoms with Crippen LogP contribution in [0.3, 0.4) is 0 Å². The van der Waals surface area contributed by atoms with E-state index in [-0.39, 0.29) is 0 Å². The quantitative estimate of drug-likeness (QED) is 0.897. The molecule has 15 heavy (non-hydrogen) atoms. The molecule has 0 bridgehead atoms. The van der Waals surface area contributed by atoms with Gasteiger partial charge in [0.2, 0.25) is 0 Å². The van der Waals surface area contributed by atoms with Crippen LogP contribution in [0.4, 0.5) is 5.69 Å². The first-order chi connectivity index (χ1) is 7.04. The fourth-order valence-electron chi connectivity index (χ4n) is 1.18. The molecule has 0 saturated heterocycles. The standard InChI is InChI=1S/C12H18BrNO/c1-8(2)9(3)14-10-5-6-11(13)12(7-10)15-4/h5-9,14H,1-4H3/t9-/m1/s1. The van der Waals surface area contributed by atoms with Crippen molar-refractivity contribution in [1.29, 1.82) is 0 Å². The lowest BCUT2D eigenvalue weighted by Crippen LogP contribution is -2.21. The predicted molar refractivity (Wildman–Crippen MR) is 68.6 cm³/mol. The monoisotopic (exact) mass is 271 g/mol. The topological polar surface area (TPSA) is 21.3 Å². The Morgan fingerprint density at radius 3 is 2.47 bits per heavy atom. The predicted octanol–water partition coefficient (Wildman–Crippen LogP) is 3.91. The lowest BCUT2D eigenvalue weighted by atomic mass is 10.1. The summed E-state index contributed by atoms with van der Waals surface area (Å²) in [6, 6.07) is 6.50. The van der Waals surface area contributed by atoms with Crippen LogP contribution >= 0.6 is 15.9 Å². The summed E-state index contributed by atoms with van der Waals surface area (Å²) in [7, 11) is 1.68. The maximum atomic E-state index is 5.24. The molecule has 0 fully saturated rings. The molecule has 0 aliphatic heterocycles. The van der Waals surface area contributed by atoms with Gasteiger partial charge in [-0.1, -0.05) is 13.8 Å². The van der Waals surface area contributed by atoms with Crippen molar-refractivity contribution < 1.29 is 4.74 Å². The lowest BCUT2D eigenvalue weighted by molar-refractivity contribution is 0.412. The Kier molecular flexibility index (Phi) is 4.45. The van der Waals surface area contributed by atoms with Gasteiger partial charge in [-0.3, -0.25) is 0 Å². The van der Waals surface area contributed by atoms with E-state index < -0.39 is 0 Å². The number of nitrogens with one attached hydrogen (secondary N) is 1. The molecule has 0 spiro atoms. The minimum absolute atomic E-state index is 0.455. The van der Waals surface area contributed by atoms with Gasteiger partial charge < -0.3 is 10.1 Å². The van der Waals surface area contributed by atoms with E-state index in [1.54, 1.807) is 7.11 Å². The van der Waals surface area contributed by atoms with Crippen LogP contribution in [0.25, 0.3) is 0 Å². The minimum atomic E-state index is 0.455. The summed E-state index contributed by atoms with van der Waals surface area (Å²) in [5, 5.41) is 3.44. The van der Waals surface area contributed by atoms with Gasteiger partial charge >= 0.3 is 0 Å². The molecule has 3 heteroatoms. The first-order valence-corrected chi connectivity index (χ1v) is 5.94. The normalized spacial score (nSPS) is 12.7. The minimum Gasteiger partial charge on any atom is -0.495 e. The number of hydrogen-bond donors (Lipinski definition) is 1. The maximum absolute atomic E-state index is 5.24. The molecule has 1 rings (SSSR count). The molecular weight excluding hydrogens is 254 g/mol. The van der Waals surface area contributed by atoms with E-state index in [2.05, 4.69) is 42.0 Å². The molecule has 0 saturated carbocycles. The number of halogens is 1. The summed E-state index contributed by atoms with van der Waals surface area (Å²) in [4.78, 5) is 0. The Balaban J connectivity index is 2.78. The summed E-state index contributed by atoms with van der Waals surface area (Å²) in [5.74, 6) is 1.47. The highest BCUT2D eigenvalue weighted by Gasteiger charge is 2.08. The van der Waals surface area contributed by atoms with Crippen molar-refractivity contribution in [3.8, 4) is 5.75 Å². The summed E-state index contributed by atoms with van der Waals surface area (Å²) in [6.07, 6.45) is 0. The van der Waals surface area contributed by atoms with Crippen LogP contribution in [-0.2, 0) is 0 Å². The second-order valence-electron chi connectivity index (χ2n) is 4.03. The molecule has 1 atom stereocenters. The third kappa shape index (κ3) is 3.42. The van der Waals surface area contributed by atoms with Gasteiger partial charge in [-0.25, -0.2) is 0 Å². The molecule has 0 heterocycles. The zero-order chi connectivity index (χ0) is 11.4. The highest BCUT2D eigenvalue weighted by atomic mass is 79.9. The van der Waals surface area contributed by atoms with Crippen molar-refractivity contribution >= 4 is 21.6 Å². The molecule has 2 nitrogen and oxygen atoms in total. The summed E-state index contributed by atoms with van der Waals surface area (Å²) < 4.78 is 6.22. The van der Waals surface area contributed by atoms with Crippen LogP contribution in [0.1, 0.15) is 20.8 Å². The molecule has 1 aromatic carbocycles. The number of anilines is 1. The zero-order valence-electron chi connectivity index (χ0n) is 9.67. The fourth-order valence-corrected chi connectivity index (χ4v) is 1.59. The molecule has 1 aromatic rings. The van der Waals surface area contributed by atoms with Gasteiger partial charge in [0.1, 0.15) is 5.75 Å². The van der Waals surface area contributed by atoms with E-state index in [9.17, 15) is 0 Å². The number of ether oxygens (including phenoxy) is 1. The van der Waals surface area contributed by atoms with Crippen LogP contribution in [-0.4, -0.2) is 13.2 Å². The molecule has 0 amide bonds. The van der Waals surface area contributed by atoms with Gasteiger partial charge in [0, 0.05) is 17.8 Å². The van der Waals surface area contributed by atoms with Crippen LogP contribution in [0.2, 0.25) is 0 Å². The highest BCUT2D eigenvalue weighted by molar-refractivity contribution is 9.10. The van der Waals surface area contributed by atoms with E-state index in [1.807, 2.05) is 18.2 Å². The van der Waals surface area contributed by atoms with Gasteiger partial charge in [0.05, 0.1) is 11.6 Å². The first kappa shape index (κ1) is 12.4. The van der Waals surface area contributed by atoms with Crippen LogP contribution in [0.15, 0.2) is 22.7 Å². The fraction of sp³-hybridized carbons (Fsp3) is 0.500. The molecule has 0 aromatic heterocycles. The SMILES string of the molecule is COc1cc(N[C@H](C)C(C)C)ccc1Br. The number of hydrogen-bond acceptors (Lipinski definition) is 2. The van der Waals surface area contributed by atoms with E-state index >= 15 is 0 Å². The molecule has 0 aliphatic rings. The largest absolute Gasteiger partial charge is 0.495 e. The van der Waals surface area contributed by atoms with Crippen LogP contribution in [0.5, 0.6) is 5.75 Å². The molecule has 0 unspecified atom stereocenters. The zero-order valence-corrected chi connectivity index (χ0v) is 11.3. The third-order valence-electron chi connectivity index (χ3n) is 2.55. The van der Waals surface area contributed by atoms with Gasteiger partial charge in [-0.15, -0.1) is 0 Å². The second-order valence-corrected chi connectivity index (χ2v) is 4.88. The van der Waals surface area contributed by atoms with Gasteiger partial charge in [-0.2, -0.15) is 0 Å². The number of benzene rings is 1. The van der Waals surface area contributed by atoms with Crippen LogP contribution in [0, 0.1) is 5.92 Å². The second kappa shape index (κ2) is 5.40. The summed E-state index contributed by atoms with van der Waals surface area (Å²) in [5.41, 5.74) is 1.09. The lowest BCUT2D eigenvalue weighted by Gasteiger charge is -2.19. The Labute approximate surface area is 100 Å². The molecule has 84 valence electrons. The van der Waals surface area contributed by atoms with Gasteiger partial charge in [0.15, 0.2) is 0 Å². The van der Waals surface area contributed by atoms with Crippen molar-refractivity contribution in [3.05, 3.63) is 22.7 Å². The van der Waals surface area contributed by atoms with Gasteiger partial charge in [-0.05, 0) is 40.9 Å². The Morgan fingerprint density at radius 1 is 1.27 bits per heavy atom. The van der Waals surface area contributed by atoms with Crippen LogP contribution < -0.4 is 10.1 Å². The van der Waals surface area contributed by atoms with Gasteiger partial charge in [0.25, 0.3) is 0 Å². The molecule has 0 aliphatic carbocycles. The van der Waals surface area contributed by atoms with Crippen molar-refractivity contribution in [2.24, 2.45) is 5.92 Å². The van der Waals surface area contributed by atoms with Crippen molar-refractivity contribution in [2.75, 3.05) is 12.4 Å². The number of methoxy groups -OCH3 is 1. The first-order valence-electron chi connectivity index (χ1n) is 5.14. The van der Waals surface area contributed by atoms with E-state index in [0.717, 1.165) is 15.9 Å². The number of rotatable bonds is 4. The van der Waals surface area contributed by atoms with Crippen molar-refractivity contribution in [1.82, 2.24) is 0 Å². The summed E-state index contributed by atoms with van der Waals surface area (Å²) >= 11 is 3.43. The highest BCUT2D eigenvalue weighted by Crippen LogP contribution is 2.28. The molecule has 0 radical (unpaired) electrons. The smallest absolute Gasteiger partial charge is 0.135 e. The molecule has 1 N–H and O–H groups in total. The Bertz CT molecular complexity index is 325. The third-order valence-corrected chi connectivity index (χ3v) is 3.20. The summed E-state index contributed by atoms with van der Waals surface area (Å²) in [6.45, 7) is 6.58. The Hall–Kier alpha value is -0.700. The maximum Gasteiger partial charge on any atom is 0.135 e. The average molecular weight is 272 g/mol. The van der Waals surface area contributed by atoms with E-state index in [0.29, 0.717) is 12.0 Å². The van der Waals surface area contributed by atoms with Crippen molar-refractivity contribution in [3.63, 3.8) is 0 Å². The molecular formula is C12H18BrNO.